The van der Waals surface area contributed by atoms with Crippen LogP contribution in [0.4, 0.5) is 0 Å². The fourth-order valence-corrected chi connectivity index (χ4v) is 3.06. The number of thioether (sulfide) groups is 1. The van der Waals surface area contributed by atoms with Crippen LogP contribution in [0.3, 0.4) is 0 Å². The number of aliphatic hydroxyl groups is 1. The van der Waals surface area contributed by atoms with E-state index in [-0.39, 0.29) is 0 Å². The summed E-state index contributed by atoms with van der Waals surface area (Å²) in [6.45, 7) is 7.12. The van der Waals surface area contributed by atoms with Crippen LogP contribution < -0.4 is 5.32 Å². The maximum absolute atomic E-state index is 10.2. The molecule has 1 rings (SSSR count). The zero-order valence-electron chi connectivity index (χ0n) is 11.0. The molecule has 1 aliphatic heterocycles. The number of nitrogens with one attached hydrogen (secondary N) is 1. The van der Waals surface area contributed by atoms with E-state index in [0.717, 1.165) is 19.4 Å². The van der Waals surface area contributed by atoms with Crippen molar-refractivity contribution in [3.63, 3.8) is 0 Å². The van der Waals surface area contributed by atoms with E-state index < -0.39 is 5.60 Å². The number of hydrogen-bond donors (Lipinski definition) is 2. The lowest BCUT2D eigenvalue weighted by Gasteiger charge is -2.29. The molecule has 0 radical (unpaired) electrons. The van der Waals surface area contributed by atoms with Crippen LogP contribution >= 0.6 is 11.8 Å². The van der Waals surface area contributed by atoms with Crippen LogP contribution in [-0.4, -0.2) is 34.8 Å². The molecule has 0 amide bonds. The van der Waals surface area contributed by atoms with Gasteiger partial charge < -0.3 is 10.4 Å². The first kappa shape index (κ1) is 14.3. The molecule has 1 atom stereocenters. The Morgan fingerprint density at radius 2 is 2.00 bits per heavy atom. The topological polar surface area (TPSA) is 32.3 Å². The van der Waals surface area contributed by atoms with Gasteiger partial charge in [-0.3, -0.25) is 0 Å². The SMILES string of the molecule is CC(C)CCC(C)(O)CNC1CCSCC1. The van der Waals surface area contributed by atoms with Crippen LogP contribution in [0.15, 0.2) is 0 Å². The van der Waals surface area contributed by atoms with E-state index in [9.17, 15) is 5.11 Å². The minimum Gasteiger partial charge on any atom is -0.389 e. The molecular weight excluding hydrogens is 218 g/mol. The van der Waals surface area contributed by atoms with E-state index >= 15 is 0 Å². The monoisotopic (exact) mass is 245 g/mol. The van der Waals surface area contributed by atoms with Crippen molar-refractivity contribution in [2.24, 2.45) is 5.92 Å². The largest absolute Gasteiger partial charge is 0.389 e. The third kappa shape index (κ3) is 6.12. The smallest absolute Gasteiger partial charge is 0.0743 e. The van der Waals surface area contributed by atoms with Gasteiger partial charge in [0, 0.05) is 12.6 Å². The molecule has 1 saturated heterocycles. The highest BCUT2D eigenvalue weighted by Crippen LogP contribution is 2.19. The van der Waals surface area contributed by atoms with Gasteiger partial charge in [0.15, 0.2) is 0 Å². The molecule has 2 N–H and O–H groups in total. The van der Waals surface area contributed by atoms with Crippen molar-refractivity contribution >= 4 is 11.8 Å². The van der Waals surface area contributed by atoms with Gasteiger partial charge in [0.05, 0.1) is 5.60 Å². The molecule has 0 saturated carbocycles. The Morgan fingerprint density at radius 1 is 1.38 bits per heavy atom. The van der Waals surface area contributed by atoms with Gasteiger partial charge in [-0.15, -0.1) is 0 Å². The molecule has 3 heteroatoms. The lowest BCUT2D eigenvalue weighted by Crippen LogP contribution is -2.43. The summed E-state index contributed by atoms with van der Waals surface area (Å²) in [7, 11) is 0. The fourth-order valence-electron chi connectivity index (χ4n) is 1.95. The maximum atomic E-state index is 10.2. The Morgan fingerprint density at radius 3 is 2.56 bits per heavy atom. The molecule has 0 aromatic heterocycles. The van der Waals surface area contributed by atoms with Gasteiger partial charge in [-0.25, -0.2) is 0 Å². The fraction of sp³-hybridized carbons (Fsp3) is 1.00. The first-order valence-corrected chi connectivity index (χ1v) is 7.68. The summed E-state index contributed by atoms with van der Waals surface area (Å²) in [5.74, 6) is 3.22. The molecule has 1 heterocycles. The first-order chi connectivity index (χ1) is 7.49. The van der Waals surface area contributed by atoms with E-state index in [1.54, 1.807) is 0 Å². The molecular formula is C13H27NOS. The van der Waals surface area contributed by atoms with Gasteiger partial charge in [0.25, 0.3) is 0 Å². The highest BCUT2D eigenvalue weighted by Gasteiger charge is 2.22. The Kier molecular flexibility index (Phi) is 6.16. The lowest BCUT2D eigenvalue weighted by atomic mass is 9.95. The zero-order valence-corrected chi connectivity index (χ0v) is 11.8. The minimum atomic E-state index is -0.533. The van der Waals surface area contributed by atoms with Crippen LogP contribution in [-0.2, 0) is 0 Å². The third-order valence-corrected chi connectivity index (χ3v) is 4.30. The Balaban J connectivity index is 2.18. The van der Waals surface area contributed by atoms with Gasteiger partial charge in [-0.1, -0.05) is 13.8 Å². The van der Waals surface area contributed by atoms with E-state index in [2.05, 4.69) is 19.2 Å². The molecule has 2 nitrogen and oxygen atoms in total. The highest BCUT2D eigenvalue weighted by atomic mass is 32.2. The van der Waals surface area contributed by atoms with Gasteiger partial charge in [0.2, 0.25) is 0 Å². The quantitative estimate of drug-likeness (QED) is 0.754. The Labute approximate surface area is 105 Å². The zero-order chi connectivity index (χ0) is 12.0. The number of rotatable bonds is 6. The van der Waals surface area contributed by atoms with Crippen LogP contribution in [0.2, 0.25) is 0 Å². The molecule has 0 aliphatic carbocycles. The van der Waals surface area contributed by atoms with Crippen molar-refractivity contribution < 1.29 is 5.11 Å². The predicted octanol–water partition coefficient (Wildman–Crippen LogP) is 2.66. The normalized spacial score (nSPS) is 22.3. The van der Waals surface area contributed by atoms with Gasteiger partial charge in [-0.05, 0) is 50.0 Å². The van der Waals surface area contributed by atoms with E-state index in [0.29, 0.717) is 12.0 Å². The molecule has 1 fully saturated rings. The Bertz CT molecular complexity index is 188. The third-order valence-electron chi connectivity index (χ3n) is 3.25. The summed E-state index contributed by atoms with van der Waals surface area (Å²) in [4.78, 5) is 0. The summed E-state index contributed by atoms with van der Waals surface area (Å²) < 4.78 is 0. The van der Waals surface area contributed by atoms with Crippen molar-refractivity contribution in [3.05, 3.63) is 0 Å². The molecule has 1 aliphatic rings. The van der Waals surface area contributed by atoms with Crippen LogP contribution in [0.5, 0.6) is 0 Å². The number of hydrogen-bond acceptors (Lipinski definition) is 3. The van der Waals surface area contributed by atoms with E-state index in [1.165, 1.54) is 24.3 Å². The minimum absolute atomic E-state index is 0.533. The summed E-state index contributed by atoms with van der Waals surface area (Å²) >= 11 is 2.04. The molecule has 96 valence electrons. The first-order valence-electron chi connectivity index (χ1n) is 6.53. The second-order valence-electron chi connectivity index (χ2n) is 5.70. The van der Waals surface area contributed by atoms with Gasteiger partial charge in [0.1, 0.15) is 0 Å². The van der Waals surface area contributed by atoms with Crippen LogP contribution in [0.1, 0.15) is 46.5 Å². The summed E-state index contributed by atoms with van der Waals surface area (Å²) in [6.07, 6.45) is 4.52. The average Bonchev–Trinajstić information content (AvgIpc) is 2.26. The highest BCUT2D eigenvalue weighted by molar-refractivity contribution is 7.99. The van der Waals surface area contributed by atoms with Crippen LogP contribution in [0.25, 0.3) is 0 Å². The predicted molar refractivity (Wildman–Crippen MR) is 73.0 cm³/mol. The second kappa shape index (κ2) is 6.87. The van der Waals surface area contributed by atoms with Gasteiger partial charge >= 0.3 is 0 Å². The van der Waals surface area contributed by atoms with Crippen molar-refractivity contribution in [1.82, 2.24) is 5.32 Å². The molecule has 0 aromatic carbocycles. The molecule has 0 bridgehead atoms. The average molecular weight is 245 g/mol. The van der Waals surface area contributed by atoms with Crippen LogP contribution in [0, 0.1) is 5.92 Å². The summed E-state index contributed by atoms with van der Waals surface area (Å²) in [5.41, 5.74) is -0.533. The van der Waals surface area contributed by atoms with Crippen molar-refractivity contribution in [2.75, 3.05) is 18.1 Å². The van der Waals surface area contributed by atoms with Crippen molar-refractivity contribution in [2.45, 2.75) is 58.1 Å². The van der Waals surface area contributed by atoms with Gasteiger partial charge in [-0.2, -0.15) is 11.8 Å². The van der Waals surface area contributed by atoms with E-state index in [1.807, 2.05) is 18.7 Å². The summed E-state index contributed by atoms with van der Waals surface area (Å²) in [5, 5.41) is 13.7. The van der Waals surface area contributed by atoms with Crippen molar-refractivity contribution in [3.8, 4) is 0 Å². The van der Waals surface area contributed by atoms with E-state index in [4.69, 9.17) is 0 Å². The van der Waals surface area contributed by atoms with Crippen molar-refractivity contribution in [1.29, 1.82) is 0 Å². The lowest BCUT2D eigenvalue weighted by molar-refractivity contribution is 0.0423. The molecule has 16 heavy (non-hydrogen) atoms. The molecule has 0 spiro atoms. The molecule has 1 unspecified atom stereocenters. The standard InChI is InChI=1S/C13H27NOS/c1-11(2)4-7-13(3,15)10-14-12-5-8-16-9-6-12/h11-12,14-15H,4-10H2,1-3H3. The second-order valence-corrected chi connectivity index (χ2v) is 6.92. The molecule has 0 aromatic rings. The summed E-state index contributed by atoms with van der Waals surface area (Å²) in [6, 6.07) is 0.631. The Hall–Kier alpha value is 0.270. The maximum Gasteiger partial charge on any atom is 0.0743 e.